The highest BCUT2D eigenvalue weighted by molar-refractivity contribution is 14.0. The summed E-state index contributed by atoms with van der Waals surface area (Å²) in [4.78, 5) is 33.4. The molecular weight excluding hydrogens is 485 g/mol. The number of morpholine rings is 1. The van der Waals surface area contributed by atoms with Crippen LogP contribution in [0.2, 0.25) is 0 Å². The van der Waals surface area contributed by atoms with E-state index in [2.05, 4.69) is 20.5 Å². The first-order chi connectivity index (χ1) is 13.3. The molecule has 2 saturated heterocycles. The summed E-state index contributed by atoms with van der Waals surface area (Å²) in [6.07, 6.45) is 1.70. The van der Waals surface area contributed by atoms with Gasteiger partial charge in [-0.15, -0.1) is 24.0 Å². The second kappa shape index (κ2) is 12.6. The summed E-state index contributed by atoms with van der Waals surface area (Å²) in [5.74, 6) is 1.28. The van der Waals surface area contributed by atoms with Crippen LogP contribution in [0.1, 0.15) is 40.5 Å². The van der Waals surface area contributed by atoms with E-state index in [-0.39, 0.29) is 47.1 Å². The van der Waals surface area contributed by atoms with Gasteiger partial charge in [0.2, 0.25) is 11.8 Å². The molecule has 0 atom stereocenters. The number of ether oxygens (including phenoxy) is 1. The number of rotatable bonds is 5. The molecule has 2 amide bonds. The molecule has 2 N–H and O–H groups in total. The van der Waals surface area contributed by atoms with Gasteiger partial charge in [0.1, 0.15) is 0 Å². The van der Waals surface area contributed by atoms with Gasteiger partial charge in [-0.3, -0.25) is 14.6 Å². The van der Waals surface area contributed by atoms with Gasteiger partial charge in [0, 0.05) is 50.6 Å². The lowest BCUT2D eigenvalue weighted by atomic mass is 9.95. The Kier molecular flexibility index (Phi) is 11.2. The average Bonchev–Trinajstić information content (AvgIpc) is 2.69. The predicted molar refractivity (Wildman–Crippen MR) is 126 cm³/mol. The maximum atomic E-state index is 12.7. The zero-order chi connectivity index (χ0) is 20.6. The number of nitrogens with zero attached hydrogens (tertiary/aromatic N) is 3. The molecule has 29 heavy (non-hydrogen) atoms. The number of aliphatic imine (C=N–C) groups is 1. The number of carbonyl (C=O) groups is 2. The summed E-state index contributed by atoms with van der Waals surface area (Å²) in [6, 6.07) is 0. The summed E-state index contributed by atoms with van der Waals surface area (Å²) in [7, 11) is 0. The van der Waals surface area contributed by atoms with Crippen molar-refractivity contribution < 1.29 is 14.3 Å². The fraction of sp³-hybridized carbons (Fsp3) is 0.850. The fourth-order valence-corrected chi connectivity index (χ4v) is 3.40. The SMILES string of the molecule is CCNC(=NCCNC(=O)C(C)(C)C)N1CCC(C(=O)N2CCOCC2)CC1.I. The number of likely N-dealkylation sites (tertiary alicyclic amines) is 1. The smallest absolute Gasteiger partial charge is 0.225 e. The van der Waals surface area contributed by atoms with Crippen LogP contribution >= 0.6 is 24.0 Å². The van der Waals surface area contributed by atoms with E-state index in [9.17, 15) is 9.59 Å². The molecule has 2 fully saturated rings. The van der Waals surface area contributed by atoms with E-state index in [0.717, 1.165) is 38.4 Å². The maximum Gasteiger partial charge on any atom is 0.225 e. The van der Waals surface area contributed by atoms with Crippen molar-refractivity contribution in [2.24, 2.45) is 16.3 Å². The van der Waals surface area contributed by atoms with Crippen LogP contribution in [0.3, 0.4) is 0 Å². The molecule has 168 valence electrons. The Morgan fingerprint density at radius 1 is 1.03 bits per heavy atom. The number of piperidine rings is 1. The minimum absolute atomic E-state index is 0. The van der Waals surface area contributed by atoms with Gasteiger partial charge in [-0.1, -0.05) is 20.8 Å². The Balaban J connectivity index is 0.00000420. The van der Waals surface area contributed by atoms with Crippen molar-refractivity contribution in [3.63, 3.8) is 0 Å². The van der Waals surface area contributed by atoms with Gasteiger partial charge in [0.05, 0.1) is 19.8 Å². The van der Waals surface area contributed by atoms with Crippen molar-refractivity contribution in [1.82, 2.24) is 20.4 Å². The first-order valence-corrected chi connectivity index (χ1v) is 10.5. The van der Waals surface area contributed by atoms with E-state index >= 15 is 0 Å². The highest BCUT2D eigenvalue weighted by Crippen LogP contribution is 2.20. The second-order valence-electron chi connectivity index (χ2n) is 8.44. The normalized spacial score (nSPS) is 18.8. The molecule has 2 aliphatic heterocycles. The van der Waals surface area contributed by atoms with E-state index in [1.807, 2.05) is 32.6 Å². The van der Waals surface area contributed by atoms with Crippen molar-refractivity contribution in [2.45, 2.75) is 40.5 Å². The molecule has 0 bridgehead atoms. The molecule has 0 aromatic rings. The van der Waals surface area contributed by atoms with Crippen LogP contribution in [0, 0.1) is 11.3 Å². The average molecular weight is 523 g/mol. The van der Waals surface area contributed by atoms with E-state index in [1.165, 1.54) is 0 Å². The number of carbonyl (C=O) groups excluding carboxylic acids is 2. The molecule has 2 heterocycles. The largest absolute Gasteiger partial charge is 0.378 e. The Bertz CT molecular complexity index is 551. The van der Waals surface area contributed by atoms with Crippen LogP contribution in [0.4, 0.5) is 0 Å². The van der Waals surface area contributed by atoms with Gasteiger partial charge in [-0.2, -0.15) is 0 Å². The summed E-state index contributed by atoms with van der Waals surface area (Å²) >= 11 is 0. The molecule has 0 aromatic carbocycles. The van der Waals surface area contributed by atoms with Gasteiger partial charge in [0.25, 0.3) is 0 Å². The number of hydrogen-bond donors (Lipinski definition) is 2. The van der Waals surface area contributed by atoms with Crippen LogP contribution < -0.4 is 10.6 Å². The lowest BCUT2D eigenvalue weighted by Gasteiger charge is -2.36. The highest BCUT2D eigenvalue weighted by Gasteiger charge is 2.30. The number of nitrogens with one attached hydrogen (secondary N) is 2. The molecule has 8 nitrogen and oxygen atoms in total. The molecule has 0 aromatic heterocycles. The van der Waals surface area contributed by atoms with Crippen LogP contribution in [-0.4, -0.2) is 86.6 Å². The molecule has 0 radical (unpaired) electrons. The van der Waals surface area contributed by atoms with E-state index in [4.69, 9.17) is 4.74 Å². The van der Waals surface area contributed by atoms with Gasteiger partial charge in [0.15, 0.2) is 5.96 Å². The Labute approximate surface area is 192 Å². The molecule has 9 heteroatoms. The monoisotopic (exact) mass is 523 g/mol. The number of halogens is 1. The molecule has 0 aliphatic carbocycles. The minimum atomic E-state index is -0.386. The molecular formula is C20H38IN5O3. The lowest BCUT2D eigenvalue weighted by Crippen LogP contribution is -2.50. The van der Waals surface area contributed by atoms with E-state index in [1.54, 1.807) is 0 Å². The first kappa shape index (κ1) is 25.9. The van der Waals surface area contributed by atoms with Gasteiger partial charge >= 0.3 is 0 Å². The number of hydrogen-bond acceptors (Lipinski definition) is 4. The van der Waals surface area contributed by atoms with Crippen molar-refractivity contribution in [3.8, 4) is 0 Å². The standard InChI is InChI=1S/C20H37N5O3.HI/c1-5-21-19(23-9-8-22-18(27)20(2,3)4)25-10-6-16(7-11-25)17(26)24-12-14-28-15-13-24;/h16H,5-15H2,1-4H3,(H,21,23)(H,22,27);1H. The topological polar surface area (TPSA) is 86.3 Å². The Morgan fingerprint density at radius 3 is 2.21 bits per heavy atom. The zero-order valence-corrected chi connectivity index (χ0v) is 20.7. The van der Waals surface area contributed by atoms with Crippen LogP contribution in [0.15, 0.2) is 4.99 Å². The van der Waals surface area contributed by atoms with Crippen LogP contribution in [0.25, 0.3) is 0 Å². The molecule has 0 unspecified atom stereocenters. The molecule has 2 aliphatic rings. The third-order valence-corrected chi connectivity index (χ3v) is 5.14. The zero-order valence-electron chi connectivity index (χ0n) is 18.3. The summed E-state index contributed by atoms with van der Waals surface area (Å²) in [5, 5.41) is 6.26. The minimum Gasteiger partial charge on any atom is -0.378 e. The van der Waals surface area contributed by atoms with Gasteiger partial charge in [-0.05, 0) is 19.8 Å². The maximum absolute atomic E-state index is 12.7. The van der Waals surface area contributed by atoms with Gasteiger partial charge in [-0.25, -0.2) is 0 Å². The third kappa shape index (κ3) is 8.27. The quantitative estimate of drug-likeness (QED) is 0.246. The lowest BCUT2D eigenvalue weighted by molar-refractivity contribution is -0.140. The van der Waals surface area contributed by atoms with Crippen LogP contribution in [-0.2, 0) is 14.3 Å². The number of amides is 2. The summed E-state index contributed by atoms with van der Waals surface area (Å²) in [5.41, 5.74) is -0.386. The highest BCUT2D eigenvalue weighted by atomic mass is 127. The van der Waals surface area contributed by atoms with E-state index < -0.39 is 0 Å². The fourth-order valence-electron chi connectivity index (χ4n) is 3.40. The van der Waals surface area contributed by atoms with Crippen LogP contribution in [0.5, 0.6) is 0 Å². The first-order valence-electron chi connectivity index (χ1n) is 10.5. The second-order valence-corrected chi connectivity index (χ2v) is 8.44. The summed E-state index contributed by atoms with van der Waals surface area (Å²) in [6.45, 7) is 14.0. The Morgan fingerprint density at radius 2 is 1.66 bits per heavy atom. The Hall–Kier alpha value is -1.10. The predicted octanol–water partition coefficient (Wildman–Crippen LogP) is 1.30. The van der Waals surface area contributed by atoms with Crippen molar-refractivity contribution >= 4 is 41.8 Å². The molecule has 0 spiro atoms. The summed E-state index contributed by atoms with van der Waals surface area (Å²) < 4.78 is 5.34. The van der Waals surface area contributed by atoms with Crippen molar-refractivity contribution in [1.29, 1.82) is 0 Å². The molecule has 2 rings (SSSR count). The van der Waals surface area contributed by atoms with E-state index in [0.29, 0.717) is 39.4 Å². The van der Waals surface area contributed by atoms with Crippen molar-refractivity contribution in [2.75, 3.05) is 59.0 Å². The molecule has 0 saturated carbocycles. The van der Waals surface area contributed by atoms with Gasteiger partial charge < -0.3 is 25.2 Å². The third-order valence-electron chi connectivity index (χ3n) is 5.14. The van der Waals surface area contributed by atoms with Crippen molar-refractivity contribution in [3.05, 3.63) is 0 Å². The number of guanidine groups is 1.